The van der Waals surface area contributed by atoms with Crippen molar-refractivity contribution < 1.29 is 19.2 Å². The molecule has 1 amide bonds. The summed E-state index contributed by atoms with van der Waals surface area (Å²) in [6.45, 7) is 1.26. The average Bonchev–Trinajstić information content (AvgIpc) is 2.97. The number of hydrogen-bond acceptors (Lipinski definition) is 4. The number of hydrogen-bond donors (Lipinski definition) is 1. The van der Waals surface area contributed by atoms with Gasteiger partial charge in [0, 0.05) is 25.6 Å². The van der Waals surface area contributed by atoms with E-state index in [1.54, 1.807) is 4.90 Å². The fourth-order valence-electron chi connectivity index (χ4n) is 2.06. The van der Waals surface area contributed by atoms with Crippen LogP contribution in [0.2, 0.25) is 0 Å². The van der Waals surface area contributed by atoms with Gasteiger partial charge >= 0.3 is 5.97 Å². The summed E-state index contributed by atoms with van der Waals surface area (Å²) in [6.07, 6.45) is 3.07. The summed E-state index contributed by atoms with van der Waals surface area (Å²) in [5.41, 5.74) is 0. The fourth-order valence-corrected chi connectivity index (χ4v) is 2.06. The fraction of sp³-hybridized carbons (Fsp3) is 0.545. The Morgan fingerprint density at radius 1 is 1.59 bits per heavy atom. The molecule has 0 saturated carbocycles. The normalized spacial score (nSPS) is 19.5. The van der Waals surface area contributed by atoms with E-state index < -0.39 is 5.97 Å². The van der Waals surface area contributed by atoms with Crippen LogP contribution in [0, 0.1) is 5.92 Å². The van der Waals surface area contributed by atoms with Gasteiger partial charge in [0.05, 0.1) is 6.20 Å². The molecule has 1 aromatic rings. The molecule has 17 heavy (non-hydrogen) atoms. The van der Waals surface area contributed by atoms with Gasteiger partial charge in [-0.2, -0.15) is 0 Å². The van der Waals surface area contributed by atoms with Crippen molar-refractivity contribution in [2.24, 2.45) is 5.92 Å². The zero-order chi connectivity index (χ0) is 12.3. The Hall–Kier alpha value is -1.85. The zero-order valence-electron chi connectivity index (χ0n) is 9.33. The summed E-state index contributed by atoms with van der Waals surface area (Å²) >= 11 is 0. The summed E-state index contributed by atoms with van der Waals surface area (Å²) in [5, 5.41) is 12.1. The third kappa shape index (κ3) is 2.83. The van der Waals surface area contributed by atoms with Gasteiger partial charge in [0.1, 0.15) is 0 Å². The third-order valence-corrected chi connectivity index (χ3v) is 2.99. The SMILES string of the molecule is O=C(O)CCC1CCN(C(=O)c2ccno2)C1. The molecule has 1 aromatic heterocycles. The molecular formula is C11H14N2O4. The minimum Gasteiger partial charge on any atom is -0.481 e. The Kier molecular flexibility index (Phi) is 3.41. The van der Waals surface area contributed by atoms with Crippen molar-refractivity contribution in [1.82, 2.24) is 10.1 Å². The molecule has 1 aliphatic heterocycles. The first-order valence-electron chi connectivity index (χ1n) is 5.58. The number of carbonyl (C=O) groups excluding carboxylic acids is 1. The molecule has 1 N–H and O–H groups in total. The Labute approximate surface area is 98.2 Å². The van der Waals surface area contributed by atoms with Crippen LogP contribution >= 0.6 is 0 Å². The predicted molar refractivity (Wildman–Crippen MR) is 57.4 cm³/mol. The summed E-state index contributed by atoms with van der Waals surface area (Å²) in [7, 11) is 0. The van der Waals surface area contributed by atoms with Gasteiger partial charge in [0.2, 0.25) is 5.76 Å². The molecule has 0 aromatic carbocycles. The third-order valence-electron chi connectivity index (χ3n) is 2.99. The van der Waals surface area contributed by atoms with E-state index in [9.17, 15) is 9.59 Å². The Bertz CT molecular complexity index is 402. The molecule has 1 aliphatic rings. The van der Waals surface area contributed by atoms with Gasteiger partial charge in [-0.25, -0.2) is 0 Å². The van der Waals surface area contributed by atoms with Gasteiger partial charge in [0.15, 0.2) is 0 Å². The van der Waals surface area contributed by atoms with E-state index >= 15 is 0 Å². The number of aliphatic carboxylic acids is 1. The molecule has 1 fully saturated rings. The van der Waals surface area contributed by atoms with Crippen LogP contribution in [0.3, 0.4) is 0 Å². The van der Waals surface area contributed by atoms with Gasteiger partial charge < -0.3 is 14.5 Å². The van der Waals surface area contributed by atoms with Crippen molar-refractivity contribution in [2.75, 3.05) is 13.1 Å². The molecule has 0 bridgehead atoms. The summed E-state index contributed by atoms with van der Waals surface area (Å²) < 4.78 is 4.81. The van der Waals surface area contributed by atoms with Crippen molar-refractivity contribution in [3.63, 3.8) is 0 Å². The maximum absolute atomic E-state index is 11.9. The van der Waals surface area contributed by atoms with Crippen LogP contribution in [-0.2, 0) is 4.79 Å². The Morgan fingerprint density at radius 3 is 3.06 bits per heavy atom. The lowest BCUT2D eigenvalue weighted by atomic mass is 10.0. The molecule has 0 radical (unpaired) electrons. The van der Waals surface area contributed by atoms with E-state index in [4.69, 9.17) is 9.63 Å². The lowest BCUT2D eigenvalue weighted by Gasteiger charge is -2.14. The quantitative estimate of drug-likeness (QED) is 0.846. The van der Waals surface area contributed by atoms with Crippen molar-refractivity contribution in [1.29, 1.82) is 0 Å². The second kappa shape index (κ2) is 4.99. The number of nitrogens with zero attached hydrogens (tertiary/aromatic N) is 2. The standard InChI is InChI=1S/C11H14N2O4/c14-10(15)2-1-8-4-6-13(7-8)11(16)9-3-5-12-17-9/h3,5,8H,1-2,4,6-7H2,(H,14,15). The summed E-state index contributed by atoms with van der Waals surface area (Å²) in [4.78, 5) is 24.0. The first-order chi connectivity index (χ1) is 8.16. The molecule has 1 atom stereocenters. The van der Waals surface area contributed by atoms with E-state index in [1.165, 1.54) is 12.3 Å². The van der Waals surface area contributed by atoms with Gasteiger partial charge in [0.25, 0.3) is 5.91 Å². The van der Waals surface area contributed by atoms with Gasteiger partial charge in [-0.3, -0.25) is 9.59 Å². The number of aromatic nitrogens is 1. The number of carboxylic acids is 1. The molecule has 2 heterocycles. The smallest absolute Gasteiger partial charge is 0.303 e. The van der Waals surface area contributed by atoms with Crippen molar-refractivity contribution in [3.8, 4) is 0 Å². The van der Waals surface area contributed by atoms with Crippen LogP contribution in [0.5, 0.6) is 0 Å². The molecular weight excluding hydrogens is 224 g/mol. The van der Waals surface area contributed by atoms with Gasteiger partial charge in [-0.15, -0.1) is 0 Å². The monoisotopic (exact) mass is 238 g/mol. The highest BCUT2D eigenvalue weighted by molar-refractivity contribution is 5.91. The molecule has 1 saturated heterocycles. The van der Waals surface area contributed by atoms with Crippen LogP contribution < -0.4 is 0 Å². The lowest BCUT2D eigenvalue weighted by molar-refractivity contribution is -0.137. The van der Waals surface area contributed by atoms with Crippen LogP contribution in [-0.4, -0.2) is 40.1 Å². The lowest BCUT2D eigenvalue weighted by Crippen LogP contribution is -2.28. The van der Waals surface area contributed by atoms with Crippen LogP contribution in [0.4, 0.5) is 0 Å². The number of carboxylic acid groups (broad SMARTS) is 1. The maximum atomic E-state index is 11.9. The summed E-state index contributed by atoms with van der Waals surface area (Å²) in [5.74, 6) is -0.438. The molecule has 6 nitrogen and oxygen atoms in total. The van der Waals surface area contributed by atoms with Crippen LogP contribution in [0.25, 0.3) is 0 Å². The largest absolute Gasteiger partial charge is 0.481 e. The number of likely N-dealkylation sites (tertiary alicyclic amines) is 1. The topological polar surface area (TPSA) is 83.6 Å². The molecule has 2 rings (SSSR count). The van der Waals surface area contributed by atoms with E-state index in [1.807, 2.05) is 0 Å². The maximum Gasteiger partial charge on any atom is 0.303 e. The van der Waals surface area contributed by atoms with Gasteiger partial charge in [-0.05, 0) is 18.8 Å². The first-order valence-corrected chi connectivity index (χ1v) is 5.58. The highest BCUT2D eigenvalue weighted by atomic mass is 16.5. The van der Waals surface area contributed by atoms with E-state index in [-0.39, 0.29) is 24.0 Å². The predicted octanol–water partition coefficient (Wildman–Crippen LogP) is 1.00. The zero-order valence-corrected chi connectivity index (χ0v) is 9.33. The van der Waals surface area contributed by atoms with E-state index in [0.717, 1.165) is 6.42 Å². The molecule has 1 unspecified atom stereocenters. The van der Waals surface area contributed by atoms with Crippen LogP contribution in [0.1, 0.15) is 29.8 Å². The summed E-state index contributed by atoms with van der Waals surface area (Å²) in [6, 6.07) is 1.53. The highest BCUT2D eigenvalue weighted by Gasteiger charge is 2.28. The molecule has 0 spiro atoms. The Morgan fingerprint density at radius 2 is 2.41 bits per heavy atom. The van der Waals surface area contributed by atoms with Crippen LogP contribution in [0.15, 0.2) is 16.8 Å². The molecule has 0 aliphatic carbocycles. The Balaban J connectivity index is 1.85. The minimum atomic E-state index is -0.787. The van der Waals surface area contributed by atoms with Crippen molar-refractivity contribution in [2.45, 2.75) is 19.3 Å². The minimum absolute atomic E-state index is 0.162. The highest BCUT2D eigenvalue weighted by Crippen LogP contribution is 2.22. The van der Waals surface area contributed by atoms with Crippen molar-refractivity contribution >= 4 is 11.9 Å². The van der Waals surface area contributed by atoms with E-state index in [0.29, 0.717) is 19.5 Å². The average molecular weight is 238 g/mol. The molecule has 6 heteroatoms. The van der Waals surface area contributed by atoms with Gasteiger partial charge in [-0.1, -0.05) is 5.16 Å². The second-order valence-corrected chi connectivity index (χ2v) is 4.21. The van der Waals surface area contributed by atoms with Crippen molar-refractivity contribution in [3.05, 3.63) is 18.0 Å². The van der Waals surface area contributed by atoms with E-state index in [2.05, 4.69) is 5.16 Å². The number of rotatable bonds is 4. The molecule has 92 valence electrons. The second-order valence-electron chi connectivity index (χ2n) is 4.21. The number of amides is 1. The first kappa shape index (κ1) is 11.6. The number of carbonyl (C=O) groups is 2.